The van der Waals surface area contributed by atoms with Gasteiger partial charge in [0, 0.05) is 29.4 Å². The van der Waals surface area contributed by atoms with E-state index < -0.39 is 6.23 Å². The van der Waals surface area contributed by atoms with E-state index in [2.05, 4.69) is 0 Å². The number of carbonyl (C=O) groups excluding carboxylic acids is 1. The highest BCUT2D eigenvalue weighted by molar-refractivity contribution is 6.35. The average Bonchev–Trinajstić information content (AvgIpc) is 2.53. The standard InChI is InChI=1S/C11H11Cl2NO2/c12-8-2-1-7(9(13)5-8)6-14-10(15)3-4-11(14)16/h1-2,5,10,15H,3-4,6H2. The van der Waals surface area contributed by atoms with E-state index in [4.69, 9.17) is 23.2 Å². The number of halogens is 2. The molecule has 1 aromatic carbocycles. The molecule has 1 N–H and O–H groups in total. The fourth-order valence-electron chi connectivity index (χ4n) is 1.75. The Bertz CT molecular complexity index is 422. The van der Waals surface area contributed by atoms with Gasteiger partial charge in [-0.1, -0.05) is 29.3 Å². The van der Waals surface area contributed by atoms with Crippen LogP contribution in [0, 0.1) is 0 Å². The molecule has 3 nitrogen and oxygen atoms in total. The number of amides is 1. The van der Waals surface area contributed by atoms with Crippen molar-refractivity contribution in [1.29, 1.82) is 0 Å². The Morgan fingerprint density at radius 1 is 1.44 bits per heavy atom. The SMILES string of the molecule is O=C1CCC(O)N1Cc1ccc(Cl)cc1Cl. The van der Waals surface area contributed by atoms with Crippen LogP contribution in [0.15, 0.2) is 18.2 Å². The summed E-state index contributed by atoms with van der Waals surface area (Å²) >= 11 is 11.8. The number of rotatable bonds is 2. The molecule has 0 radical (unpaired) electrons. The van der Waals surface area contributed by atoms with Gasteiger partial charge in [-0.15, -0.1) is 0 Å². The maximum Gasteiger partial charge on any atom is 0.225 e. The Morgan fingerprint density at radius 3 is 2.75 bits per heavy atom. The Morgan fingerprint density at radius 2 is 2.19 bits per heavy atom. The third-order valence-electron chi connectivity index (χ3n) is 2.65. The Kier molecular flexibility index (Phi) is 3.38. The second-order valence-corrected chi connectivity index (χ2v) is 4.62. The van der Waals surface area contributed by atoms with Crippen LogP contribution in [0.2, 0.25) is 10.0 Å². The van der Waals surface area contributed by atoms with E-state index in [1.165, 1.54) is 4.90 Å². The molecule has 0 aromatic heterocycles. The molecule has 1 fully saturated rings. The van der Waals surface area contributed by atoms with Gasteiger partial charge in [0.15, 0.2) is 0 Å². The smallest absolute Gasteiger partial charge is 0.225 e. The first-order valence-corrected chi connectivity index (χ1v) is 5.75. The first-order chi connectivity index (χ1) is 7.58. The molecule has 1 saturated heterocycles. The Hall–Kier alpha value is -0.770. The van der Waals surface area contributed by atoms with E-state index >= 15 is 0 Å². The number of benzene rings is 1. The van der Waals surface area contributed by atoms with Crippen molar-refractivity contribution < 1.29 is 9.90 Å². The third-order valence-corrected chi connectivity index (χ3v) is 3.24. The van der Waals surface area contributed by atoms with E-state index in [9.17, 15) is 9.90 Å². The molecule has 0 bridgehead atoms. The van der Waals surface area contributed by atoms with Gasteiger partial charge in [-0.3, -0.25) is 4.79 Å². The number of nitrogens with zero attached hydrogens (tertiary/aromatic N) is 1. The number of aliphatic hydroxyl groups excluding tert-OH is 1. The fraction of sp³-hybridized carbons (Fsp3) is 0.364. The summed E-state index contributed by atoms with van der Waals surface area (Å²) in [6, 6.07) is 5.12. The number of carbonyl (C=O) groups is 1. The van der Waals surface area contributed by atoms with Crippen LogP contribution in [0.1, 0.15) is 18.4 Å². The van der Waals surface area contributed by atoms with Crippen LogP contribution in [0.3, 0.4) is 0 Å². The minimum Gasteiger partial charge on any atom is -0.373 e. The lowest BCUT2D eigenvalue weighted by molar-refractivity contribution is -0.134. The van der Waals surface area contributed by atoms with Crippen molar-refractivity contribution in [2.24, 2.45) is 0 Å². The highest BCUT2D eigenvalue weighted by Gasteiger charge is 2.29. The lowest BCUT2D eigenvalue weighted by atomic mass is 10.2. The lowest BCUT2D eigenvalue weighted by Gasteiger charge is -2.21. The van der Waals surface area contributed by atoms with Gasteiger partial charge in [0.25, 0.3) is 0 Å². The lowest BCUT2D eigenvalue weighted by Crippen LogP contribution is -2.32. The van der Waals surface area contributed by atoms with Gasteiger partial charge < -0.3 is 10.0 Å². The van der Waals surface area contributed by atoms with E-state index in [1.807, 2.05) is 0 Å². The van der Waals surface area contributed by atoms with Gasteiger partial charge in [-0.2, -0.15) is 0 Å². The predicted molar refractivity (Wildman–Crippen MR) is 62.3 cm³/mol. The summed E-state index contributed by atoms with van der Waals surface area (Å²) in [6.45, 7) is 0.329. The average molecular weight is 260 g/mol. The minimum atomic E-state index is -0.695. The topological polar surface area (TPSA) is 40.5 Å². The molecule has 5 heteroatoms. The van der Waals surface area contributed by atoms with Crippen molar-refractivity contribution >= 4 is 29.1 Å². The second kappa shape index (κ2) is 4.62. The zero-order valence-electron chi connectivity index (χ0n) is 8.49. The molecule has 0 spiro atoms. The molecule has 16 heavy (non-hydrogen) atoms. The maximum atomic E-state index is 11.5. The first-order valence-electron chi connectivity index (χ1n) is 4.99. The van der Waals surface area contributed by atoms with Crippen molar-refractivity contribution in [1.82, 2.24) is 4.90 Å². The van der Waals surface area contributed by atoms with Crippen LogP contribution in [-0.4, -0.2) is 22.1 Å². The number of hydrogen-bond donors (Lipinski definition) is 1. The summed E-state index contributed by atoms with van der Waals surface area (Å²) in [6.07, 6.45) is 0.190. The van der Waals surface area contributed by atoms with Crippen LogP contribution in [0.4, 0.5) is 0 Å². The molecule has 1 aromatic rings. The van der Waals surface area contributed by atoms with Crippen molar-refractivity contribution in [3.05, 3.63) is 33.8 Å². The normalized spacial score (nSPS) is 20.6. The van der Waals surface area contributed by atoms with Gasteiger partial charge in [0.1, 0.15) is 6.23 Å². The fourth-order valence-corrected chi connectivity index (χ4v) is 2.21. The van der Waals surface area contributed by atoms with E-state index in [0.717, 1.165) is 5.56 Å². The number of aliphatic hydroxyl groups is 1. The van der Waals surface area contributed by atoms with E-state index in [-0.39, 0.29) is 5.91 Å². The monoisotopic (exact) mass is 259 g/mol. The molecule has 1 heterocycles. The van der Waals surface area contributed by atoms with Gasteiger partial charge in [-0.25, -0.2) is 0 Å². The number of likely N-dealkylation sites (tertiary alicyclic amines) is 1. The molecule has 0 saturated carbocycles. The zero-order chi connectivity index (χ0) is 11.7. The summed E-state index contributed by atoms with van der Waals surface area (Å²) < 4.78 is 0. The summed E-state index contributed by atoms with van der Waals surface area (Å²) in [5.41, 5.74) is 0.792. The molecule has 1 amide bonds. The summed E-state index contributed by atoms with van der Waals surface area (Å²) in [5.74, 6) is -0.0430. The molecule has 1 unspecified atom stereocenters. The van der Waals surface area contributed by atoms with E-state index in [0.29, 0.717) is 29.4 Å². The van der Waals surface area contributed by atoms with Crippen LogP contribution in [0.5, 0.6) is 0 Å². The van der Waals surface area contributed by atoms with Crippen molar-refractivity contribution in [3.63, 3.8) is 0 Å². The summed E-state index contributed by atoms with van der Waals surface area (Å²) in [5, 5.41) is 10.7. The quantitative estimate of drug-likeness (QED) is 0.887. The first kappa shape index (κ1) is 11.7. The second-order valence-electron chi connectivity index (χ2n) is 3.78. The highest BCUT2D eigenvalue weighted by Crippen LogP contribution is 2.25. The Labute approximate surface area is 104 Å². The predicted octanol–water partition coefficient (Wildman–Crippen LogP) is 2.43. The molecule has 1 aliphatic rings. The van der Waals surface area contributed by atoms with E-state index in [1.54, 1.807) is 18.2 Å². The zero-order valence-corrected chi connectivity index (χ0v) is 10.0. The van der Waals surface area contributed by atoms with Crippen molar-refractivity contribution in [3.8, 4) is 0 Å². The summed E-state index contributed by atoms with van der Waals surface area (Å²) in [4.78, 5) is 12.9. The third kappa shape index (κ3) is 2.32. The molecular weight excluding hydrogens is 249 g/mol. The van der Waals surface area contributed by atoms with Crippen LogP contribution in [-0.2, 0) is 11.3 Å². The van der Waals surface area contributed by atoms with Gasteiger partial charge in [0.2, 0.25) is 5.91 Å². The number of hydrogen-bond acceptors (Lipinski definition) is 2. The van der Waals surface area contributed by atoms with Crippen molar-refractivity contribution in [2.75, 3.05) is 0 Å². The van der Waals surface area contributed by atoms with Gasteiger partial charge in [-0.05, 0) is 17.7 Å². The van der Waals surface area contributed by atoms with Gasteiger partial charge >= 0.3 is 0 Å². The molecule has 1 atom stereocenters. The molecular formula is C11H11Cl2NO2. The molecule has 2 rings (SSSR count). The van der Waals surface area contributed by atoms with Crippen LogP contribution >= 0.6 is 23.2 Å². The molecule has 0 aliphatic carbocycles. The molecule has 86 valence electrons. The van der Waals surface area contributed by atoms with Crippen LogP contribution in [0.25, 0.3) is 0 Å². The van der Waals surface area contributed by atoms with Crippen LogP contribution < -0.4 is 0 Å². The molecule has 1 aliphatic heterocycles. The largest absolute Gasteiger partial charge is 0.373 e. The highest BCUT2D eigenvalue weighted by atomic mass is 35.5. The minimum absolute atomic E-state index is 0.0430. The van der Waals surface area contributed by atoms with Gasteiger partial charge in [0.05, 0.1) is 0 Å². The van der Waals surface area contributed by atoms with Crippen molar-refractivity contribution in [2.45, 2.75) is 25.6 Å². The summed E-state index contributed by atoms with van der Waals surface area (Å²) in [7, 11) is 0. The Balaban J connectivity index is 2.17. The maximum absolute atomic E-state index is 11.5.